The monoisotopic (exact) mass is 543 g/mol. The first-order valence-corrected chi connectivity index (χ1v) is 13.4. The third-order valence-corrected chi connectivity index (χ3v) is 7.46. The molecule has 1 aliphatic carbocycles. The molecular formula is C28H38BrN3O3. The number of carbonyl (C=O) groups excluding carboxylic acids is 1. The number of aliphatic hydroxyl groups is 1. The normalized spacial score (nSPS) is 20.3. The largest absolute Gasteiger partial charge is 0.471 e. The van der Waals surface area contributed by atoms with E-state index in [0.717, 1.165) is 41.3 Å². The fraction of sp³-hybridized carbons (Fsp3) is 0.571. The van der Waals surface area contributed by atoms with Gasteiger partial charge in [0.15, 0.2) is 0 Å². The van der Waals surface area contributed by atoms with Gasteiger partial charge in [0.2, 0.25) is 11.8 Å². The van der Waals surface area contributed by atoms with E-state index in [0.29, 0.717) is 18.8 Å². The van der Waals surface area contributed by atoms with Crippen LogP contribution in [-0.4, -0.2) is 40.3 Å². The second-order valence-electron chi connectivity index (χ2n) is 11.5. The quantitative estimate of drug-likeness (QED) is 0.442. The van der Waals surface area contributed by atoms with Crippen LogP contribution in [0, 0.1) is 5.41 Å². The van der Waals surface area contributed by atoms with Crippen LogP contribution in [0.15, 0.2) is 41.0 Å². The lowest BCUT2D eigenvalue weighted by Gasteiger charge is -2.47. The van der Waals surface area contributed by atoms with Crippen LogP contribution >= 0.6 is 15.9 Å². The molecule has 0 radical (unpaired) electrons. The van der Waals surface area contributed by atoms with Gasteiger partial charge >= 0.3 is 0 Å². The van der Waals surface area contributed by atoms with Crippen molar-refractivity contribution < 1.29 is 14.6 Å². The minimum Gasteiger partial charge on any atom is -0.471 e. The Bertz CT molecular complexity index is 1050. The molecule has 4 rings (SSSR count). The Balaban J connectivity index is 1.50. The maximum atomic E-state index is 11.9. The highest BCUT2D eigenvalue weighted by molar-refractivity contribution is 9.10. The summed E-state index contributed by atoms with van der Waals surface area (Å²) in [6, 6.07) is 9.84. The van der Waals surface area contributed by atoms with Gasteiger partial charge in [-0.2, -0.15) is 0 Å². The summed E-state index contributed by atoms with van der Waals surface area (Å²) in [5.74, 6) is 0.568. The van der Waals surface area contributed by atoms with Crippen LogP contribution in [0.25, 0.3) is 0 Å². The molecule has 2 aliphatic rings. The number of hydrogen-bond donors (Lipinski definition) is 3. The van der Waals surface area contributed by atoms with E-state index in [-0.39, 0.29) is 23.0 Å². The van der Waals surface area contributed by atoms with Crippen molar-refractivity contribution in [1.82, 2.24) is 15.6 Å². The highest BCUT2D eigenvalue weighted by Crippen LogP contribution is 2.48. The van der Waals surface area contributed by atoms with Gasteiger partial charge in [-0.15, -0.1) is 0 Å². The summed E-state index contributed by atoms with van der Waals surface area (Å²) in [4.78, 5) is 16.6. The van der Waals surface area contributed by atoms with E-state index in [9.17, 15) is 9.90 Å². The number of nitrogens with zero attached hydrogens (tertiary/aromatic N) is 1. The number of aromatic nitrogens is 1. The molecule has 6 nitrogen and oxygen atoms in total. The topological polar surface area (TPSA) is 83.5 Å². The summed E-state index contributed by atoms with van der Waals surface area (Å²) in [6.07, 6.45) is 6.80. The Labute approximate surface area is 217 Å². The predicted molar refractivity (Wildman–Crippen MR) is 141 cm³/mol. The van der Waals surface area contributed by atoms with E-state index < -0.39 is 12.1 Å². The lowest BCUT2D eigenvalue weighted by atomic mass is 9.73. The van der Waals surface area contributed by atoms with E-state index in [1.165, 1.54) is 18.9 Å². The molecule has 2 aromatic rings. The molecule has 1 aliphatic heterocycles. The number of nitrogens with one attached hydrogen (secondary N) is 2. The molecule has 1 fully saturated rings. The molecule has 3 N–H and O–H groups in total. The molecule has 2 heterocycles. The second-order valence-corrected chi connectivity index (χ2v) is 12.4. The van der Waals surface area contributed by atoms with Crippen LogP contribution in [0.5, 0.6) is 5.88 Å². The number of fused-ring (bicyclic) bond motifs is 1. The lowest BCUT2D eigenvalue weighted by Crippen LogP contribution is -2.52. The number of pyridine rings is 1. The van der Waals surface area contributed by atoms with Gasteiger partial charge in [0, 0.05) is 42.2 Å². The molecule has 1 saturated carbocycles. The van der Waals surface area contributed by atoms with Gasteiger partial charge in [-0.05, 0) is 66.8 Å². The number of rotatable bonds is 8. The van der Waals surface area contributed by atoms with E-state index >= 15 is 0 Å². The second kappa shape index (κ2) is 10.6. The standard InChI is InChI=1S/C28H38BrN3O3/c1-18(33)32-23(13-19-7-5-8-21(29)11-19)25(34)17-30-24-15-28(9-6-10-28)35-26-22(24)12-20(16-31-26)14-27(2,3)4/h5,7-8,11-12,16,23-25,30,34H,6,9-10,13-15,17H2,1-4H3,(H,32,33)/t23-,24-,25+/m0/s1. The van der Waals surface area contributed by atoms with Gasteiger partial charge in [-0.3, -0.25) is 4.79 Å². The Morgan fingerprint density at radius 1 is 1.29 bits per heavy atom. The first-order chi connectivity index (χ1) is 16.5. The van der Waals surface area contributed by atoms with Crippen molar-refractivity contribution in [3.8, 4) is 5.88 Å². The SMILES string of the molecule is CC(=O)N[C@@H](Cc1cccc(Br)c1)[C@H](O)CN[C@H]1CC2(CCC2)Oc2ncc(CC(C)(C)C)cc21. The van der Waals surface area contributed by atoms with Gasteiger partial charge < -0.3 is 20.5 Å². The number of aliphatic hydroxyl groups excluding tert-OH is 1. The van der Waals surface area contributed by atoms with Crippen molar-refractivity contribution in [2.24, 2.45) is 5.41 Å². The van der Waals surface area contributed by atoms with Gasteiger partial charge in [-0.1, -0.05) is 48.8 Å². The van der Waals surface area contributed by atoms with Gasteiger partial charge in [0.25, 0.3) is 0 Å². The van der Waals surface area contributed by atoms with Gasteiger partial charge in [0.05, 0.1) is 12.1 Å². The Hall–Kier alpha value is -1.96. The Kier molecular flexibility index (Phi) is 7.89. The van der Waals surface area contributed by atoms with Crippen molar-refractivity contribution in [2.75, 3.05) is 6.54 Å². The van der Waals surface area contributed by atoms with Crippen molar-refractivity contribution in [3.05, 3.63) is 57.7 Å². The number of ether oxygens (including phenoxy) is 1. The smallest absolute Gasteiger partial charge is 0.218 e. The van der Waals surface area contributed by atoms with Crippen LogP contribution in [-0.2, 0) is 17.6 Å². The average Bonchev–Trinajstić information content (AvgIpc) is 2.74. The fourth-order valence-corrected chi connectivity index (χ4v) is 5.66. The molecule has 1 amide bonds. The summed E-state index contributed by atoms with van der Waals surface area (Å²) in [7, 11) is 0. The Morgan fingerprint density at radius 3 is 2.69 bits per heavy atom. The number of benzene rings is 1. The number of halogens is 1. The van der Waals surface area contributed by atoms with Gasteiger partial charge in [-0.25, -0.2) is 4.98 Å². The van der Waals surface area contributed by atoms with E-state index in [4.69, 9.17) is 9.72 Å². The van der Waals surface area contributed by atoms with Crippen molar-refractivity contribution in [1.29, 1.82) is 0 Å². The molecular weight excluding hydrogens is 506 g/mol. The zero-order valence-electron chi connectivity index (χ0n) is 21.2. The lowest BCUT2D eigenvalue weighted by molar-refractivity contribution is -0.120. The number of amides is 1. The number of carbonyl (C=O) groups is 1. The molecule has 1 aromatic carbocycles. The summed E-state index contributed by atoms with van der Waals surface area (Å²) in [6.45, 7) is 8.54. The molecule has 7 heteroatoms. The van der Waals surface area contributed by atoms with Crippen LogP contribution in [0.4, 0.5) is 0 Å². The predicted octanol–water partition coefficient (Wildman–Crippen LogP) is 4.88. The summed E-state index contributed by atoms with van der Waals surface area (Å²) in [5, 5.41) is 17.7. The zero-order chi connectivity index (χ0) is 25.2. The average molecular weight is 545 g/mol. The van der Waals surface area contributed by atoms with Crippen LogP contribution in [0.1, 0.15) is 76.1 Å². The van der Waals surface area contributed by atoms with Gasteiger partial charge in [0.1, 0.15) is 5.60 Å². The molecule has 0 saturated heterocycles. The van der Waals surface area contributed by atoms with Crippen molar-refractivity contribution in [3.63, 3.8) is 0 Å². The summed E-state index contributed by atoms with van der Waals surface area (Å²) in [5.41, 5.74) is 3.33. The molecule has 35 heavy (non-hydrogen) atoms. The van der Waals surface area contributed by atoms with Crippen molar-refractivity contribution >= 4 is 21.8 Å². The van der Waals surface area contributed by atoms with E-state index in [1.807, 2.05) is 30.5 Å². The number of hydrogen-bond acceptors (Lipinski definition) is 5. The van der Waals surface area contributed by atoms with Crippen LogP contribution < -0.4 is 15.4 Å². The highest BCUT2D eigenvalue weighted by atomic mass is 79.9. The zero-order valence-corrected chi connectivity index (χ0v) is 22.8. The fourth-order valence-electron chi connectivity index (χ4n) is 5.21. The minimum atomic E-state index is -0.743. The molecule has 1 aromatic heterocycles. The molecule has 0 bridgehead atoms. The molecule has 3 atom stereocenters. The summed E-state index contributed by atoms with van der Waals surface area (Å²) >= 11 is 3.50. The van der Waals surface area contributed by atoms with Crippen molar-refractivity contribution in [2.45, 2.75) is 90.0 Å². The first kappa shape index (κ1) is 26.1. The first-order valence-electron chi connectivity index (χ1n) is 12.6. The van der Waals surface area contributed by atoms with Crippen LogP contribution in [0.3, 0.4) is 0 Å². The molecule has 0 unspecified atom stereocenters. The molecule has 190 valence electrons. The maximum absolute atomic E-state index is 11.9. The van der Waals surface area contributed by atoms with Crippen LogP contribution in [0.2, 0.25) is 0 Å². The maximum Gasteiger partial charge on any atom is 0.218 e. The van der Waals surface area contributed by atoms with E-state index in [1.54, 1.807) is 0 Å². The molecule has 1 spiro atoms. The summed E-state index contributed by atoms with van der Waals surface area (Å²) < 4.78 is 7.37. The minimum absolute atomic E-state index is 0.0463. The third kappa shape index (κ3) is 6.83. The Morgan fingerprint density at radius 2 is 2.06 bits per heavy atom. The highest BCUT2D eigenvalue weighted by Gasteiger charge is 2.46. The van der Waals surface area contributed by atoms with E-state index in [2.05, 4.69) is 53.4 Å². The third-order valence-electron chi connectivity index (χ3n) is 6.97.